The molecule has 106 valence electrons. The summed E-state index contributed by atoms with van der Waals surface area (Å²) >= 11 is 0. The maximum absolute atomic E-state index is 12.9. The molecule has 0 saturated carbocycles. The van der Waals surface area contributed by atoms with Gasteiger partial charge in [0.15, 0.2) is 0 Å². The van der Waals surface area contributed by atoms with Crippen molar-refractivity contribution in [2.24, 2.45) is 5.73 Å². The number of carbonyl (C=O) groups excluding carboxylic acids is 1. The summed E-state index contributed by atoms with van der Waals surface area (Å²) in [5.41, 5.74) is 0.799. The first kappa shape index (κ1) is 15.3. The summed E-state index contributed by atoms with van der Waals surface area (Å²) in [4.78, 5) is 14.2. The molecule has 0 amide bonds. The molecule has 2 N–H and O–H groups in total. The number of nitrogens with zero attached hydrogens (tertiary/aromatic N) is 1. The molecule has 0 radical (unpaired) electrons. The Balaban J connectivity index is 3.61. The van der Waals surface area contributed by atoms with E-state index >= 15 is 0 Å². The van der Waals surface area contributed by atoms with Gasteiger partial charge in [-0.1, -0.05) is 0 Å². The van der Waals surface area contributed by atoms with Crippen LogP contribution in [0.4, 0.5) is 22.0 Å². The highest BCUT2D eigenvalue weighted by molar-refractivity contribution is 5.91. The summed E-state index contributed by atoms with van der Waals surface area (Å²) in [7, 11) is 0.914. The van der Waals surface area contributed by atoms with Gasteiger partial charge in [0.1, 0.15) is 5.69 Å². The smallest absolute Gasteiger partial charge is 0.433 e. The number of carbonyl (C=O) groups is 1. The first-order valence-electron chi connectivity index (χ1n) is 4.89. The van der Waals surface area contributed by atoms with Crippen LogP contribution in [0, 0.1) is 0 Å². The highest BCUT2D eigenvalue weighted by atomic mass is 19.4. The fourth-order valence-corrected chi connectivity index (χ4v) is 1.54. The molecule has 1 rings (SSSR count). The summed E-state index contributed by atoms with van der Waals surface area (Å²) in [6, 6.07) is 0. The van der Waals surface area contributed by atoms with Gasteiger partial charge in [-0.3, -0.25) is 4.98 Å². The number of esters is 1. The number of hydrogen-bond donors (Lipinski definition) is 1. The molecule has 0 fully saturated rings. The average Bonchev–Trinajstić information content (AvgIpc) is 2.34. The normalized spacial score (nSPS) is 11.8. The zero-order chi connectivity index (χ0) is 14.8. The van der Waals surface area contributed by atoms with E-state index in [1.165, 1.54) is 0 Å². The summed E-state index contributed by atoms with van der Waals surface area (Å²) in [6.45, 7) is -0.827. The van der Waals surface area contributed by atoms with Gasteiger partial charge in [0, 0.05) is 23.9 Å². The van der Waals surface area contributed by atoms with Crippen molar-refractivity contribution in [3.63, 3.8) is 0 Å². The lowest BCUT2D eigenvalue weighted by Crippen LogP contribution is -2.20. The minimum absolute atomic E-state index is 0.412. The average molecular weight is 284 g/mol. The maximum atomic E-state index is 12.9. The van der Waals surface area contributed by atoms with E-state index in [0.29, 0.717) is 6.20 Å². The zero-order valence-electron chi connectivity index (χ0n) is 9.59. The fraction of sp³-hybridized carbons (Fsp3) is 0.400. The van der Waals surface area contributed by atoms with E-state index in [4.69, 9.17) is 5.73 Å². The van der Waals surface area contributed by atoms with Crippen LogP contribution in [0.25, 0.3) is 0 Å². The molecule has 0 aliphatic carbocycles. The number of methoxy groups -OCH3 is 1. The van der Waals surface area contributed by atoms with E-state index in [-0.39, 0.29) is 0 Å². The summed E-state index contributed by atoms with van der Waals surface area (Å²) in [5, 5.41) is 0. The van der Waals surface area contributed by atoms with Crippen LogP contribution < -0.4 is 5.73 Å². The number of alkyl halides is 5. The van der Waals surface area contributed by atoms with Gasteiger partial charge in [0.25, 0.3) is 6.43 Å². The van der Waals surface area contributed by atoms with Crippen molar-refractivity contribution in [3.8, 4) is 0 Å². The van der Waals surface area contributed by atoms with Gasteiger partial charge >= 0.3 is 12.1 Å². The van der Waals surface area contributed by atoms with Crippen LogP contribution in [0.3, 0.4) is 0 Å². The first-order valence-corrected chi connectivity index (χ1v) is 4.89. The maximum Gasteiger partial charge on any atom is 0.433 e. The number of aromatic nitrogens is 1. The van der Waals surface area contributed by atoms with E-state index < -0.39 is 47.5 Å². The van der Waals surface area contributed by atoms with Crippen molar-refractivity contribution in [2.45, 2.75) is 19.1 Å². The van der Waals surface area contributed by atoms with Crippen molar-refractivity contribution in [3.05, 3.63) is 28.6 Å². The second-order valence-electron chi connectivity index (χ2n) is 3.41. The van der Waals surface area contributed by atoms with Crippen molar-refractivity contribution >= 4 is 5.97 Å². The van der Waals surface area contributed by atoms with Crippen LogP contribution >= 0.6 is 0 Å². The van der Waals surface area contributed by atoms with Gasteiger partial charge in [-0.05, 0) is 0 Å². The number of rotatable bonds is 3. The molecule has 0 unspecified atom stereocenters. The molecular formula is C10H9F5N2O2. The number of hydrogen-bond acceptors (Lipinski definition) is 4. The molecule has 0 bridgehead atoms. The molecule has 4 nitrogen and oxygen atoms in total. The third-order valence-electron chi connectivity index (χ3n) is 2.32. The van der Waals surface area contributed by atoms with Crippen LogP contribution in [-0.2, 0) is 17.5 Å². The third kappa shape index (κ3) is 2.98. The van der Waals surface area contributed by atoms with Crippen molar-refractivity contribution < 1.29 is 31.5 Å². The molecule has 0 atom stereocenters. The van der Waals surface area contributed by atoms with E-state index in [1.54, 1.807) is 0 Å². The highest BCUT2D eigenvalue weighted by Crippen LogP contribution is 2.36. The number of pyridine rings is 1. The van der Waals surface area contributed by atoms with Gasteiger partial charge in [-0.2, -0.15) is 13.2 Å². The van der Waals surface area contributed by atoms with Gasteiger partial charge in [-0.15, -0.1) is 0 Å². The minimum Gasteiger partial charge on any atom is -0.465 e. The lowest BCUT2D eigenvalue weighted by atomic mass is 10.0. The Labute approximate surface area is 104 Å². The Kier molecular flexibility index (Phi) is 4.40. The largest absolute Gasteiger partial charge is 0.465 e. The second-order valence-corrected chi connectivity index (χ2v) is 3.41. The Morgan fingerprint density at radius 3 is 2.42 bits per heavy atom. The van der Waals surface area contributed by atoms with Gasteiger partial charge < -0.3 is 10.5 Å². The number of ether oxygens (including phenoxy) is 1. The Bertz CT molecular complexity index is 488. The Morgan fingerprint density at radius 1 is 1.47 bits per heavy atom. The summed E-state index contributed by atoms with van der Waals surface area (Å²) < 4.78 is 67.8. The van der Waals surface area contributed by atoms with E-state index in [2.05, 4.69) is 9.72 Å². The fourth-order valence-electron chi connectivity index (χ4n) is 1.54. The van der Waals surface area contributed by atoms with Crippen LogP contribution in [-0.4, -0.2) is 18.1 Å². The molecule has 1 aromatic rings. The molecule has 1 aromatic heterocycles. The molecular weight excluding hydrogens is 275 g/mol. The number of halogens is 5. The van der Waals surface area contributed by atoms with Crippen LogP contribution in [0.5, 0.6) is 0 Å². The molecule has 0 aliphatic rings. The quantitative estimate of drug-likeness (QED) is 0.683. The Morgan fingerprint density at radius 2 is 2.05 bits per heavy atom. The van der Waals surface area contributed by atoms with E-state index in [1.807, 2.05) is 0 Å². The molecule has 0 spiro atoms. The van der Waals surface area contributed by atoms with Gasteiger partial charge in [0.2, 0.25) is 0 Å². The van der Waals surface area contributed by atoms with Crippen molar-refractivity contribution in [1.82, 2.24) is 4.98 Å². The third-order valence-corrected chi connectivity index (χ3v) is 2.32. The standard InChI is InChI=1S/C10H9F5N2O2/c1-19-9(18)5-3-17-7(10(13,14)15)4(2-16)6(5)8(11)12/h3,8H,2,16H2,1H3. The summed E-state index contributed by atoms with van der Waals surface area (Å²) in [5.74, 6) is -1.20. The van der Waals surface area contributed by atoms with Crippen LogP contribution in [0.15, 0.2) is 6.20 Å². The van der Waals surface area contributed by atoms with Gasteiger partial charge in [0.05, 0.1) is 12.7 Å². The molecule has 0 aliphatic heterocycles. The zero-order valence-corrected chi connectivity index (χ0v) is 9.59. The minimum atomic E-state index is -4.94. The second kappa shape index (κ2) is 5.47. The highest BCUT2D eigenvalue weighted by Gasteiger charge is 2.38. The van der Waals surface area contributed by atoms with Crippen LogP contribution in [0.1, 0.15) is 33.6 Å². The predicted molar refractivity (Wildman–Crippen MR) is 53.4 cm³/mol. The Hall–Kier alpha value is -1.77. The van der Waals surface area contributed by atoms with Crippen LogP contribution in [0.2, 0.25) is 0 Å². The van der Waals surface area contributed by atoms with E-state index in [0.717, 1.165) is 7.11 Å². The topological polar surface area (TPSA) is 65.2 Å². The lowest BCUT2D eigenvalue weighted by molar-refractivity contribution is -0.142. The first-order chi connectivity index (χ1) is 8.73. The summed E-state index contributed by atoms with van der Waals surface area (Å²) in [6.07, 6.45) is -7.83. The molecule has 9 heteroatoms. The molecule has 1 heterocycles. The molecule has 19 heavy (non-hydrogen) atoms. The molecule has 0 aromatic carbocycles. The number of nitrogens with two attached hydrogens (primary N) is 1. The van der Waals surface area contributed by atoms with E-state index in [9.17, 15) is 26.7 Å². The predicted octanol–water partition coefficient (Wildman–Crippen LogP) is 2.28. The van der Waals surface area contributed by atoms with Crippen molar-refractivity contribution in [1.29, 1.82) is 0 Å². The lowest BCUT2D eigenvalue weighted by Gasteiger charge is -2.16. The van der Waals surface area contributed by atoms with Crippen molar-refractivity contribution in [2.75, 3.05) is 7.11 Å². The molecule has 0 saturated heterocycles. The SMILES string of the molecule is COC(=O)c1cnc(C(F)(F)F)c(CN)c1C(F)F. The monoisotopic (exact) mass is 284 g/mol. The van der Waals surface area contributed by atoms with Gasteiger partial charge in [-0.25, -0.2) is 13.6 Å².